The second-order valence-corrected chi connectivity index (χ2v) is 7.49. The van der Waals surface area contributed by atoms with Gasteiger partial charge in [0.15, 0.2) is 6.54 Å². The van der Waals surface area contributed by atoms with E-state index in [0.29, 0.717) is 11.3 Å². The number of imidazole rings is 1. The average Bonchev–Trinajstić information content (AvgIpc) is 2.64. The van der Waals surface area contributed by atoms with E-state index < -0.39 is 10.0 Å². The standard InChI is InChI=1S/C16H21N3O3S/c1-11-12(2)19(13(3)18(11)4)10-16(20)14-6-8-15(9-7-14)17-23(5,21)22/h6-9H,10H2,1-5H3/p+1. The van der Waals surface area contributed by atoms with Crippen LogP contribution in [0, 0.1) is 20.8 Å². The molecule has 1 aromatic carbocycles. The third-order valence-corrected chi connectivity index (χ3v) is 4.73. The number of carbonyl (C=O) groups is 1. The molecule has 0 atom stereocenters. The first-order valence-corrected chi connectivity index (χ1v) is 9.12. The molecule has 23 heavy (non-hydrogen) atoms. The average molecular weight is 336 g/mol. The van der Waals surface area contributed by atoms with Crippen LogP contribution in [0.15, 0.2) is 24.3 Å². The maximum absolute atomic E-state index is 12.5. The number of anilines is 1. The summed E-state index contributed by atoms with van der Waals surface area (Å²) in [7, 11) is -1.34. The molecule has 1 N–H and O–H groups in total. The lowest BCUT2D eigenvalue weighted by Crippen LogP contribution is -2.33. The second kappa shape index (κ2) is 6.16. The highest BCUT2D eigenvalue weighted by molar-refractivity contribution is 7.92. The summed E-state index contributed by atoms with van der Waals surface area (Å²) >= 11 is 0. The van der Waals surface area contributed by atoms with Gasteiger partial charge in [-0.3, -0.25) is 9.52 Å². The van der Waals surface area contributed by atoms with Crippen LogP contribution in [0.5, 0.6) is 0 Å². The van der Waals surface area contributed by atoms with Crippen molar-refractivity contribution in [1.29, 1.82) is 0 Å². The van der Waals surface area contributed by atoms with Gasteiger partial charge in [-0.2, -0.15) is 0 Å². The maximum Gasteiger partial charge on any atom is 0.253 e. The minimum Gasteiger partial charge on any atom is -0.290 e. The molecule has 7 heteroatoms. The number of nitrogens with one attached hydrogen (secondary N) is 1. The number of aromatic nitrogens is 2. The van der Waals surface area contributed by atoms with Crippen molar-refractivity contribution in [2.45, 2.75) is 27.3 Å². The number of Topliss-reactive ketones (excluding diaryl/α,β-unsaturated/α-hetero) is 1. The SMILES string of the molecule is Cc1c(C)[n+](C)c(C)n1CC(=O)c1ccc(NS(C)(=O)=O)cc1. The number of carbonyl (C=O) groups excluding carboxylic acids is 1. The number of hydrogen-bond donors (Lipinski definition) is 1. The predicted octanol–water partition coefficient (Wildman–Crippen LogP) is 1.49. The van der Waals surface area contributed by atoms with Gasteiger partial charge in [0.05, 0.1) is 13.3 Å². The Kier molecular flexibility index (Phi) is 4.61. The summed E-state index contributed by atoms with van der Waals surface area (Å²) in [6, 6.07) is 6.46. The Balaban J connectivity index is 2.20. The molecule has 124 valence electrons. The van der Waals surface area contributed by atoms with Crippen LogP contribution in [0.1, 0.15) is 27.6 Å². The van der Waals surface area contributed by atoms with Crippen LogP contribution in [0.25, 0.3) is 0 Å². The molecule has 1 heterocycles. The van der Waals surface area contributed by atoms with Crippen molar-refractivity contribution in [1.82, 2.24) is 4.57 Å². The zero-order valence-corrected chi connectivity index (χ0v) is 14.9. The van der Waals surface area contributed by atoms with Crippen LogP contribution in [0.2, 0.25) is 0 Å². The Bertz CT molecular complexity index is 824. The summed E-state index contributed by atoms with van der Waals surface area (Å²) in [5, 5.41) is 0. The Morgan fingerprint density at radius 2 is 1.74 bits per heavy atom. The van der Waals surface area contributed by atoms with Crippen LogP contribution in [0.3, 0.4) is 0 Å². The van der Waals surface area contributed by atoms with Gasteiger partial charge in [-0.05, 0) is 24.3 Å². The van der Waals surface area contributed by atoms with E-state index in [4.69, 9.17) is 0 Å². The molecule has 2 aromatic rings. The summed E-state index contributed by atoms with van der Waals surface area (Å²) in [6.07, 6.45) is 1.09. The van der Waals surface area contributed by atoms with Gasteiger partial charge in [-0.15, -0.1) is 0 Å². The van der Waals surface area contributed by atoms with Crippen molar-refractivity contribution in [2.24, 2.45) is 7.05 Å². The minimum atomic E-state index is -3.31. The lowest BCUT2D eigenvalue weighted by molar-refractivity contribution is -0.683. The molecule has 1 aromatic heterocycles. The van der Waals surface area contributed by atoms with E-state index in [9.17, 15) is 13.2 Å². The molecule has 0 bridgehead atoms. The van der Waals surface area contributed by atoms with E-state index in [1.165, 1.54) is 0 Å². The first-order valence-electron chi connectivity index (χ1n) is 7.23. The Morgan fingerprint density at radius 3 is 2.17 bits per heavy atom. The fraction of sp³-hybridized carbons (Fsp3) is 0.375. The van der Waals surface area contributed by atoms with E-state index in [0.717, 1.165) is 23.5 Å². The van der Waals surface area contributed by atoms with Gasteiger partial charge in [0.2, 0.25) is 15.8 Å². The van der Waals surface area contributed by atoms with E-state index in [1.54, 1.807) is 24.3 Å². The van der Waals surface area contributed by atoms with Crippen LogP contribution in [-0.4, -0.2) is 25.0 Å². The Hall–Kier alpha value is -2.15. The minimum absolute atomic E-state index is 0.0160. The maximum atomic E-state index is 12.5. The molecular weight excluding hydrogens is 314 g/mol. The highest BCUT2D eigenvalue weighted by Crippen LogP contribution is 2.14. The van der Waals surface area contributed by atoms with Crippen LogP contribution >= 0.6 is 0 Å². The zero-order valence-electron chi connectivity index (χ0n) is 14.0. The van der Waals surface area contributed by atoms with Gasteiger partial charge in [0.1, 0.15) is 11.4 Å². The molecule has 0 aliphatic rings. The molecular formula is C16H22N3O3S+. The lowest BCUT2D eigenvalue weighted by Gasteiger charge is -2.05. The molecule has 0 amide bonds. The summed E-state index contributed by atoms with van der Waals surface area (Å²) in [5.41, 5.74) is 3.19. The smallest absolute Gasteiger partial charge is 0.253 e. The zero-order chi connectivity index (χ0) is 17.4. The molecule has 0 unspecified atom stereocenters. The Morgan fingerprint density at radius 1 is 1.17 bits per heavy atom. The summed E-state index contributed by atoms with van der Waals surface area (Å²) < 4.78 is 28.8. The molecule has 0 radical (unpaired) electrons. The van der Waals surface area contributed by atoms with E-state index >= 15 is 0 Å². The van der Waals surface area contributed by atoms with Crippen LogP contribution < -0.4 is 9.29 Å². The van der Waals surface area contributed by atoms with E-state index in [1.807, 2.05) is 32.4 Å². The number of nitrogens with zero attached hydrogens (tertiary/aromatic N) is 2. The van der Waals surface area contributed by atoms with Crippen LogP contribution in [0.4, 0.5) is 5.69 Å². The highest BCUT2D eigenvalue weighted by atomic mass is 32.2. The van der Waals surface area contributed by atoms with Crippen molar-refractivity contribution >= 4 is 21.5 Å². The third kappa shape index (κ3) is 3.79. The van der Waals surface area contributed by atoms with Crippen molar-refractivity contribution < 1.29 is 17.8 Å². The van der Waals surface area contributed by atoms with Crippen molar-refractivity contribution in [3.63, 3.8) is 0 Å². The summed E-state index contributed by atoms with van der Waals surface area (Å²) in [4.78, 5) is 12.5. The number of benzene rings is 1. The predicted molar refractivity (Wildman–Crippen MR) is 89.1 cm³/mol. The fourth-order valence-corrected chi connectivity index (χ4v) is 3.07. The van der Waals surface area contributed by atoms with Gasteiger partial charge >= 0.3 is 0 Å². The van der Waals surface area contributed by atoms with E-state index in [2.05, 4.69) is 9.29 Å². The Labute approximate surface area is 136 Å². The molecule has 2 rings (SSSR count). The topological polar surface area (TPSA) is 72.0 Å². The molecule has 0 aliphatic heterocycles. The normalized spacial score (nSPS) is 11.5. The van der Waals surface area contributed by atoms with Crippen molar-refractivity contribution in [3.05, 3.63) is 47.0 Å². The van der Waals surface area contributed by atoms with Gasteiger partial charge in [-0.1, -0.05) is 0 Å². The largest absolute Gasteiger partial charge is 0.290 e. The van der Waals surface area contributed by atoms with Gasteiger partial charge in [0.25, 0.3) is 5.82 Å². The highest BCUT2D eigenvalue weighted by Gasteiger charge is 2.22. The van der Waals surface area contributed by atoms with Crippen molar-refractivity contribution in [3.8, 4) is 0 Å². The summed E-state index contributed by atoms with van der Waals surface area (Å²) in [6.45, 7) is 6.26. The number of rotatable bonds is 5. The van der Waals surface area contributed by atoms with Gasteiger partial charge in [-0.25, -0.2) is 17.6 Å². The lowest BCUT2D eigenvalue weighted by atomic mass is 10.1. The second-order valence-electron chi connectivity index (χ2n) is 5.74. The monoisotopic (exact) mass is 336 g/mol. The molecule has 0 saturated heterocycles. The summed E-state index contributed by atoms with van der Waals surface area (Å²) in [5.74, 6) is 1.00. The van der Waals surface area contributed by atoms with Gasteiger partial charge in [0, 0.05) is 32.0 Å². The quantitative estimate of drug-likeness (QED) is 0.664. The molecule has 0 saturated carbocycles. The van der Waals surface area contributed by atoms with Gasteiger partial charge < -0.3 is 0 Å². The number of hydrogen-bond acceptors (Lipinski definition) is 3. The van der Waals surface area contributed by atoms with E-state index in [-0.39, 0.29) is 12.3 Å². The van der Waals surface area contributed by atoms with Crippen LogP contribution in [-0.2, 0) is 23.6 Å². The molecule has 0 fully saturated rings. The molecule has 0 spiro atoms. The number of sulfonamides is 1. The first kappa shape index (κ1) is 17.2. The van der Waals surface area contributed by atoms with Crippen molar-refractivity contribution in [2.75, 3.05) is 11.0 Å². The molecule has 6 nitrogen and oxygen atoms in total. The number of ketones is 1. The fourth-order valence-electron chi connectivity index (χ4n) is 2.51. The first-order chi connectivity index (χ1) is 10.6. The molecule has 0 aliphatic carbocycles. The third-order valence-electron chi connectivity index (χ3n) is 4.12.